The maximum absolute atomic E-state index is 12.7. The molecule has 2 N–H and O–H groups in total. The minimum Gasteiger partial charge on any atom is -0.485 e. The summed E-state index contributed by atoms with van der Waals surface area (Å²) in [6, 6.07) is 6.61. The Morgan fingerprint density at radius 2 is 2.00 bits per heavy atom. The smallest absolute Gasteiger partial charge is 0.329 e. The lowest BCUT2D eigenvalue weighted by molar-refractivity contribution is -0.145. The molecular formula is C19H23N3O5. The highest BCUT2D eigenvalue weighted by Crippen LogP contribution is 2.28. The lowest BCUT2D eigenvalue weighted by Crippen LogP contribution is -2.54. The number of carboxylic acids is 1. The molecule has 3 rings (SSSR count). The number of rotatable bonds is 6. The van der Waals surface area contributed by atoms with Crippen molar-refractivity contribution in [1.82, 2.24) is 15.5 Å². The molecule has 0 unspecified atom stereocenters. The molecule has 1 aromatic carbocycles. The molecule has 1 amide bonds. The third kappa shape index (κ3) is 4.64. The number of benzene rings is 1. The van der Waals surface area contributed by atoms with Gasteiger partial charge in [0.2, 0.25) is 11.7 Å². The number of carbonyl (C=O) groups excluding carboxylic acids is 1. The van der Waals surface area contributed by atoms with Crippen LogP contribution in [0.1, 0.15) is 60.6 Å². The Morgan fingerprint density at radius 1 is 1.26 bits per heavy atom. The van der Waals surface area contributed by atoms with Gasteiger partial charge in [-0.1, -0.05) is 36.9 Å². The Labute approximate surface area is 156 Å². The minimum absolute atomic E-state index is 0.113. The van der Waals surface area contributed by atoms with Gasteiger partial charge in [0.15, 0.2) is 6.61 Å². The molecule has 1 aliphatic carbocycles. The van der Waals surface area contributed by atoms with Crippen LogP contribution >= 0.6 is 0 Å². The Bertz CT molecular complexity index is 809. The van der Waals surface area contributed by atoms with Crippen molar-refractivity contribution in [2.24, 2.45) is 0 Å². The molecule has 2 aromatic rings. The summed E-state index contributed by atoms with van der Waals surface area (Å²) in [5.74, 6) is -0.0668. The molecule has 27 heavy (non-hydrogen) atoms. The van der Waals surface area contributed by atoms with E-state index < -0.39 is 17.4 Å². The summed E-state index contributed by atoms with van der Waals surface area (Å²) < 4.78 is 10.5. The van der Waals surface area contributed by atoms with Crippen LogP contribution in [0.4, 0.5) is 0 Å². The Balaban J connectivity index is 1.69. The average molecular weight is 373 g/mol. The van der Waals surface area contributed by atoms with Crippen LogP contribution in [0.2, 0.25) is 0 Å². The summed E-state index contributed by atoms with van der Waals surface area (Å²) in [7, 11) is 0. The van der Waals surface area contributed by atoms with Crippen molar-refractivity contribution in [3.8, 4) is 5.75 Å². The van der Waals surface area contributed by atoms with E-state index in [1.165, 1.54) is 0 Å². The van der Waals surface area contributed by atoms with Crippen LogP contribution < -0.4 is 10.1 Å². The molecule has 1 saturated carbocycles. The molecule has 8 heteroatoms. The lowest BCUT2D eigenvalue weighted by Gasteiger charge is -2.29. The van der Waals surface area contributed by atoms with Crippen molar-refractivity contribution >= 4 is 11.9 Å². The first kappa shape index (κ1) is 18.9. The zero-order valence-corrected chi connectivity index (χ0v) is 15.2. The van der Waals surface area contributed by atoms with Crippen LogP contribution in [0, 0.1) is 6.92 Å². The standard InChI is InChI=1S/C19H23N3O5/c1-13-20-16(22-27-13)12-26-15-8-6-7-14(11-15)17(23)21-19(18(24)25)9-4-2-3-5-10-19/h6-8,11H,2-5,9-10,12H2,1H3,(H,21,23)(H,24,25). The van der Waals surface area contributed by atoms with E-state index in [1.807, 2.05) is 0 Å². The van der Waals surface area contributed by atoms with Gasteiger partial charge < -0.3 is 19.7 Å². The second kappa shape index (κ2) is 8.20. The fraction of sp³-hybridized carbons (Fsp3) is 0.474. The number of aryl methyl sites for hydroxylation is 1. The number of amides is 1. The fourth-order valence-electron chi connectivity index (χ4n) is 3.29. The molecule has 0 saturated heterocycles. The van der Waals surface area contributed by atoms with Gasteiger partial charge in [-0.2, -0.15) is 4.98 Å². The van der Waals surface area contributed by atoms with Crippen molar-refractivity contribution in [2.75, 3.05) is 0 Å². The first-order chi connectivity index (χ1) is 13.0. The molecule has 0 radical (unpaired) electrons. The van der Waals surface area contributed by atoms with Gasteiger partial charge in [0, 0.05) is 12.5 Å². The van der Waals surface area contributed by atoms with Gasteiger partial charge in [-0.25, -0.2) is 4.79 Å². The predicted molar refractivity (Wildman–Crippen MR) is 95.3 cm³/mol. The average Bonchev–Trinajstić information content (AvgIpc) is 2.92. The number of ether oxygens (including phenoxy) is 1. The van der Waals surface area contributed by atoms with Gasteiger partial charge in [-0.05, 0) is 31.0 Å². The molecule has 0 aliphatic heterocycles. The van der Waals surface area contributed by atoms with Crippen LogP contribution in [0.25, 0.3) is 0 Å². The zero-order valence-electron chi connectivity index (χ0n) is 15.2. The largest absolute Gasteiger partial charge is 0.485 e. The van der Waals surface area contributed by atoms with E-state index in [1.54, 1.807) is 31.2 Å². The first-order valence-corrected chi connectivity index (χ1v) is 9.06. The third-order valence-corrected chi connectivity index (χ3v) is 4.75. The maximum Gasteiger partial charge on any atom is 0.329 e. The van der Waals surface area contributed by atoms with Crippen LogP contribution in [0.15, 0.2) is 28.8 Å². The van der Waals surface area contributed by atoms with Crippen LogP contribution in [0.3, 0.4) is 0 Å². The van der Waals surface area contributed by atoms with E-state index in [-0.39, 0.29) is 6.61 Å². The molecule has 144 valence electrons. The highest BCUT2D eigenvalue weighted by molar-refractivity contribution is 5.98. The van der Waals surface area contributed by atoms with Crippen LogP contribution in [-0.2, 0) is 11.4 Å². The van der Waals surface area contributed by atoms with E-state index in [9.17, 15) is 14.7 Å². The zero-order chi connectivity index (χ0) is 19.3. The second-order valence-corrected chi connectivity index (χ2v) is 6.80. The van der Waals surface area contributed by atoms with Gasteiger partial charge >= 0.3 is 5.97 Å². The Morgan fingerprint density at radius 3 is 2.63 bits per heavy atom. The van der Waals surface area contributed by atoms with Gasteiger partial charge in [0.25, 0.3) is 5.91 Å². The van der Waals surface area contributed by atoms with Crippen LogP contribution in [0.5, 0.6) is 5.75 Å². The fourth-order valence-corrected chi connectivity index (χ4v) is 3.29. The van der Waals surface area contributed by atoms with E-state index >= 15 is 0 Å². The first-order valence-electron chi connectivity index (χ1n) is 9.06. The normalized spacial score (nSPS) is 16.3. The second-order valence-electron chi connectivity index (χ2n) is 6.80. The number of carboxylic acid groups (broad SMARTS) is 1. The molecule has 0 atom stereocenters. The number of carbonyl (C=O) groups is 2. The van der Waals surface area contributed by atoms with Crippen LogP contribution in [-0.4, -0.2) is 32.7 Å². The molecule has 0 bridgehead atoms. The van der Waals surface area contributed by atoms with E-state index in [2.05, 4.69) is 15.5 Å². The number of hydrogen-bond donors (Lipinski definition) is 2. The van der Waals surface area contributed by atoms with Crippen molar-refractivity contribution in [3.05, 3.63) is 41.5 Å². The SMILES string of the molecule is Cc1nc(COc2cccc(C(=O)NC3(C(=O)O)CCCCCC3)c2)no1. The van der Waals surface area contributed by atoms with Crippen molar-refractivity contribution < 1.29 is 24.0 Å². The summed E-state index contributed by atoms with van der Waals surface area (Å²) in [5.41, 5.74) is -0.853. The highest BCUT2D eigenvalue weighted by atomic mass is 16.5. The quantitative estimate of drug-likeness (QED) is 0.748. The summed E-state index contributed by atoms with van der Waals surface area (Å²) >= 11 is 0. The monoisotopic (exact) mass is 373 g/mol. The summed E-state index contributed by atoms with van der Waals surface area (Å²) in [4.78, 5) is 28.6. The molecule has 0 spiro atoms. The predicted octanol–water partition coefficient (Wildman–Crippen LogP) is 2.86. The number of hydrogen-bond acceptors (Lipinski definition) is 6. The minimum atomic E-state index is -1.20. The topological polar surface area (TPSA) is 115 Å². The molecular weight excluding hydrogens is 350 g/mol. The van der Waals surface area contributed by atoms with E-state index in [0.717, 1.165) is 25.7 Å². The molecule has 1 aromatic heterocycles. The van der Waals surface area contributed by atoms with Crippen molar-refractivity contribution in [3.63, 3.8) is 0 Å². The highest BCUT2D eigenvalue weighted by Gasteiger charge is 2.40. The number of aromatic nitrogens is 2. The summed E-state index contributed by atoms with van der Waals surface area (Å²) in [5, 5.41) is 16.2. The molecule has 1 aliphatic rings. The summed E-state index contributed by atoms with van der Waals surface area (Å²) in [6.07, 6.45) is 4.45. The Hall–Kier alpha value is -2.90. The van der Waals surface area contributed by atoms with Crippen molar-refractivity contribution in [2.45, 2.75) is 57.6 Å². The number of nitrogens with zero attached hydrogens (tertiary/aromatic N) is 2. The number of nitrogens with one attached hydrogen (secondary N) is 1. The summed E-state index contributed by atoms with van der Waals surface area (Å²) in [6.45, 7) is 1.80. The van der Waals surface area contributed by atoms with Crippen molar-refractivity contribution in [1.29, 1.82) is 0 Å². The molecule has 1 heterocycles. The van der Waals surface area contributed by atoms with Gasteiger partial charge in [-0.15, -0.1) is 0 Å². The Kier molecular flexibility index (Phi) is 5.73. The van der Waals surface area contributed by atoms with Gasteiger partial charge in [0.05, 0.1) is 0 Å². The van der Waals surface area contributed by atoms with E-state index in [4.69, 9.17) is 9.26 Å². The number of aliphatic carboxylic acids is 1. The maximum atomic E-state index is 12.7. The lowest BCUT2D eigenvalue weighted by atomic mass is 9.90. The van der Waals surface area contributed by atoms with E-state index in [0.29, 0.717) is 35.9 Å². The van der Waals surface area contributed by atoms with Gasteiger partial charge in [0.1, 0.15) is 11.3 Å². The molecule has 8 nitrogen and oxygen atoms in total. The van der Waals surface area contributed by atoms with Gasteiger partial charge in [-0.3, -0.25) is 4.79 Å². The third-order valence-electron chi connectivity index (χ3n) is 4.75. The molecule has 1 fully saturated rings.